The number of hydrogen-bond donors (Lipinski definition) is 1. The highest BCUT2D eigenvalue weighted by atomic mass is 16.5. The number of ether oxygens (including phenoxy) is 2. The lowest BCUT2D eigenvalue weighted by atomic mass is 9.92. The van der Waals surface area contributed by atoms with Crippen molar-refractivity contribution in [3.8, 4) is 5.75 Å². The Morgan fingerprint density at radius 1 is 1.10 bits per heavy atom. The van der Waals surface area contributed by atoms with Crippen LogP contribution in [0.3, 0.4) is 0 Å². The molecule has 1 amide bonds. The number of nitrogens with zero attached hydrogens (tertiary/aromatic N) is 2. The van der Waals surface area contributed by atoms with E-state index in [2.05, 4.69) is 4.98 Å². The maximum absolute atomic E-state index is 13.5. The van der Waals surface area contributed by atoms with E-state index in [0.29, 0.717) is 46.8 Å². The zero-order chi connectivity index (χ0) is 28.3. The van der Waals surface area contributed by atoms with Gasteiger partial charge in [-0.1, -0.05) is 26.8 Å². The van der Waals surface area contributed by atoms with E-state index in [1.807, 2.05) is 33.8 Å². The molecule has 1 N–H and O–H groups in total. The number of aliphatic hydroxyl groups excluding tert-OH is 1. The molecule has 202 valence electrons. The van der Waals surface area contributed by atoms with E-state index < -0.39 is 23.7 Å². The highest BCUT2D eigenvalue weighted by molar-refractivity contribution is 6.51. The number of ketones is 1. The fraction of sp³-hybridized carbons (Fsp3) is 0.290. The summed E-state index contributed by atoms with van der Waals surface area (Å²) in [7, 11) is 1.58. The molecule has 0 saturated carbocycles. The van der Waals surface area contributed by atoms with Crippen LogP contribution in [0, 0.1) is 6.92 Å². The van der Waals surface area contributed by atoms with Crippen LogP contribution in [0.5, 0.6) is 5.75 Å². The molecule has 1 atom stereocenters. The number of amides is 1. The lowest BCUT2D eigenvalue weighted by Gasteiger charge is -2.25. The molecule has 2 heterocycles. The average molecular weight is 529 g/mol. The van der Waals surface area contributed by atoms with Gasteiger partial charge in [0.25, 0.3) is 11.7 Å². The first kappa shape index (κ1) is 27.6. The first-order chi connectivity index (χ1) is 18.7. The summed E-state index contributed by atoms with van der Waals surface area (Å²) >= 11 is 0. The van der Waals surface area contributed by atoms with Crippen molar-refractivity contribution in [2.75, 3.05) is 18.6 Å². The van der Waals surface area contributed by atoms with E-state index >= 15 is 0 Å². The number of aromatic nitrogens is 1. The lowest BCUT2D eigenvalue weighted by molar-refractivity contribution is -0.132. The summed E-state index contributed by atoms with van der Waals surface area (Å²) in [6.07, 6.45) is 2.27. The summed E-state index contributed by atoms with van der Waals surface area (Å²) in [5.41, 5.74) is 3.05. The highest BCUT2D eigenvalue weighted by Gasteiger charge is 2.47. The van der Waals surface area contributed by atoms with E-state index in [4.69, 9.17) is 9.47 Å². The molecule has 1 fully saturated rings. The van der Waals surface area contributed by atoms with Crippen LogP contribution in [-0.2, 0) is 14.3 Å². The molecular formula is C31H32N2O6. The number of carbonyl (C=O) groups is 3. The van der Waals surface area contributed by atoms with E-state index in [1.54, 1.807) is 61.8 Å². The van der Waals surface area contributed by atoms with Gasteiger partial charge in [-0.15, -0.1) is 0 Å². The van der Waals surface area contributed by atoms with Crippen molar-refractivity contribution in [3.63, 3.8) is 0 Å². The van der Waals surface area contributed by atoms with Gasteiger partial charge in [0.1, 0.15) is 17.6 Å². The van der Waals surface area contributed by atoms with Crippen molar-refractivity contribution in [1.82, 2.24) is 4.98 Å². The van der Waals surface area contributed by atoms with Crippen LogP contribution < -0.4 is 9.64 Å². The van der Waals surface area contributed by atoms with E-state index in [0.717, 1.165) is 5.56 Å². The van der Waals surface area contributed by atoms with Crippen molar-refractivity contribution >= 4 is 29.1 Å². The molecule has 1 aromatic heterocycles. The lowest BCUT2D eigenvalue weighted by Crippen LogP contribution is -2.29. The molecule has 1 aliphatic rings. The Morgan fingerprint density at radius 2 is 1.82 bits per heavy atom. The zero-order valence-electron chi connectivity index (χ0n) is 22.7. The van der Waals surface area contributed by atoms with E-state index in [9.17, 15) is 19.5 Å². The second-order valence-corrected chi connectivity index (χ2v) is 9.67. The first-order valence-corrected chi connectivity index (χ1v) is 12.9. The predicted molar refractivity (Wildman–Crippen MR) is 148 cm³/mol. The first-order valence-electron chi connectivity index (χ1n) is 12.9. The Morgan fingerprint density at radius 3 is 2.41 bits per heavy atom. The fourth-order valence-corrected chi connectivity index (χ4v) is 4.68. The zero-order valence-corrected chi connectivity index (χ0v) is 22.7. The molecule has 0 spiro atoms. The largest absolute Gasteiger partial charge is 0.507 e. The van der Waals surface area contributed by atoms with Gasteiger partial charge in [0.2, 0.25) is 0 Å². The average Bonchev–Trinajstić information content (AvgIpc) is 3.21. The number of anilines is 1. The van der Waals surface area contributed by atoms with Gasteiger partial charge in [-0.3, -0.25) is 19.5 Å². The number of rotatable bonds is 8. The van der Waals surface area contributed by atoms with Crippen LogP contribution >= 0.6 is 0 Å². The molecule has 1 saturated heterocycles. The molecule has 0 bridgehead atoms. The van der Waals surface area contributed by atoms with Crippen molar-refractivity contribution in [1.29, 1.82) is 0 Å². The summed E-state index contributed by atoms with van der Waals surface area (Å²) in [6, 6.07) is 14.1. The summed E-state index contributed by atoms with van der Waals surface area (Å²) in [5.74, 6) is -1.61. The van der Waals surface area contributed by atoms with Crippen LogP contribution in [0.4, 0.5) is 5.69 Å². The number of hydrogen-bond acceptors (Lipinski definition) is 7. The van der Waals surface area contributed by atoms with E-state index in [1.165, 1.54) is 4.90 Å². The Hall–Kier alpha value is -4.46. The van der Waals surface area contributed by atoms with Gasteiger partial charge in [0, 0.05) is 17.4 Å². The smallest absolute Gasteiger partial charge is 0.338 e. The number of carbonyl (C=O) groups excluding carboxylic acids is 3. The minimum Gasteiger partial charge on any atom is -0.507 e. The number of aryl methyl sites for hydroxylation is 1. The molecule has 8 nitrogen and oxygen atoms in total. The quantitative estimate of drug-likeness (QED) is 0.173. The Balaban J connectivity index is 1.87. The Bertz CT molecular complexity index is 1430. The van der Waals surface area contributed by atoms with Crippen LogP contribution in [0.25, 0.3) is 5.76 Å². The molecule has 0 radical (unpaired) electrons. The predicted octanol–water partition coefficient (Wildman–Crippen LogP) is 5.72. The molecule has 3 aromatic rings. The molecule has 8 heteroatoms. The molecule has 1 unspecified atom stereocenters. The molecule has 39 heavy (non-hydrogen) atoms. The monoisotopic (exact) mass is 528 g/mol. The topological polar surface area (TPSA) is 106 Å². The third kappa shape index (κ3) is 5.27. The van der Waals surface area contributed by atoms with Gasteiger partial charge in [0.15, 0.2) is 0 Å². The standard InChI is InChI=1S/C31H32N2O6/c1-6-15-39-31(37)20-10-12-21(13-11-20)33-27(24-9-7-8-14-32-24)26(29(35)30(33)36)28(34)23-17-22(18(2)3)25(38-5)16-19(23)4/h7-14,16-18,27,34H,6,15H2,1-5H3/b28-26+. The normalized spacial score (nSPS) is 16.6. The maximum atomic E-state index is 13.5. The van der Waals surface area contributed by atoms with Crippen molar-refractivity contribution in [2.24, 2.45) is 0 Å². The van der Waals surface area contributed by atoms with Crippen molar-refractivity contribution in [2.45, 2.75) is 46.1 Å². The second-order valence-electron chi connectivity index (χ2n) is 9.67. The fourth-order valence-electron chi connectivity index (χ4n) is 4.68. The molecule has 0 aliphatic carbocycles. The summed E-state index contributed by atoms with van der Waals surface area (Å²) < 4.78 is 10.7. The van der Waals surface area contributed by atoms with Gasteiger partial charge in [-0.25, -0.2) is 4.79 Å². The summed E-state index contributed by atoms with van der Waals surface area (Å²) in [5, 5.41) is 11.6. The second kappa shape index (κ2) is 11.5. The van der Waals surface area contributed by atoms with E-state index in [-0.39, 0.29) is 17.3 Å². The van der Waals surface area contributed by atoms with Crippen LogP contribution in [0.2, 0.25) is 0 Å². The number of esters is 1. The molecule has 2 aromatic carbocycles. The SMILES string of the molecule is CCCOC(=O)c1ccc(N2C(=O)C(=O)/C(=C(/O)c3cc(C(C)C)c(OC)cc3C)C2c2ccccn2)cc1. The molecule has 4 rings (SSSR count). The number of aliphatic hydroxyl groups is 1. The summed E-state index contributed by atoms with van der Waals surface area (Å²) in [6.45, 7) is 8.03. The number of pyridine rings is 1. The molecule has 1 aliphatic heterocycles. The number of methoxy groups -OCH3 is 1. The minimum absolute atomic E-state index is 0.0619. The minimum atomic E-state index is -0.979. The summed E-state index contributed by atoms with van der Waals surface area (Å²) in [4.78, 5) is 44.9. The number of Topliss-reactive ketones (excluding diaryl/α,β-unsaturated/α-hetero) is 1. The van der Waals surface area contributed by atoms with Gasteiger partial charge >= 0.3 is 5.97 Å². The molecular weight excluding hydrogens is 496 g/mol. The van der Waals surface area contributed by atoms with Gasteiger partial charge in [-0.05, 0) is 78.9 Å². The van der Waals surface area contributed by atoms with Gasteiger partial charge in [-0.2, -0.15) is 0 Å². The van der Waals surface area contributed by atoms with Gasteiger partial charge < -0.3 is 14.6 Å². The third-order valence-electron chi connectivity index (χ3n) is 6.68. The third-order valence-corrected chi connectivity index (χ3v) is 6.68. The number of benzene rings is 2. The van der Waals surface area contributed by atoms with Crippen molar-refractivity contribution in [3.05, 3.63) is 94.3 Å². The van der Waals surface area contributed by atoms with Crippen LogP contribution in [0.15, 0.2) is 66.4 Å². The van der Waals surface area contributed by atoms with Crippen LogP contribution in [-0.4, -0.2) is 41.5 Å². The van der Waals surface area contributed by atoms with Crippen molar-refractivity contribution < 1.29 is 29.0 Å². The maximum Gasteiger partial charge on any atom is 0.338 e. The Labute approximate surface area is 227 Å². The Kier molecular flexibility index (Phi) is 8.14. The van der Waals surface area contributed by atoms with Gasteiger partial charge in [0.05, 0.1) is 30.5 Å². The highest BCUT2D eigenvalue weighted by Crippen LogP contribution is 2.43. The van der Waals surface area contributed by atoms with Crippen LogP contribution in [0.1, 0.15) is 71.9 Å².